The van der Waals surface area contributed by atoms with Crippen LogP contribution >= 0.6 is 0 Å². The van der Waals surface area contributed by atoms with Crippen molar-refractivity contribution in [3.8, 4) is 0 Å². The minimum atomic E-state index is -3.66. The minimum Gasteiger partial charge on any atom is -0.280 e. The van der Waals surface area contributed by atoms with E-state index < -0.39 is 10.0 Å². The third-order valence-electron chi connectivity index (χ3n) is 2.96. The second-order valence-corrected chi connectivity index (χ2v) is 5.98. The van der Waals surface area contributed by atoms with Gasteiger partial charge in [-0.25, -0.2) is 8.42 Å². The normalized spacial score (nSPS) is 11.8. The van der Waals surface area contributed by atoms with E-state index in [1.165, 1.54) is 0 Å². The average Bonchev–Trinajstić information content (AvgIpc) is 2.84. The monoisotopic (exact) mass is 283 g/mol. The summed E-state index contributed by atoms with van der Waals surface area (Å²) in [6.07, 6.45) is 0.764. The van der Waals surface area contributed by atoms with E-state index in [-0.39, 0.29) is 4.90 Å². The van der Waals surface area contributed by atoms with Gasteiger partial charge in [0, 0.05) is 18.8 Å². The highest BCUT2D eigenvalue weighted by molar-refractivity contribution is 7.92. The maximum atomic E-state index is 12.3. The van der Waals surface area contributed by atoms with Crippen LogP contribution in [-0.2, 0) is 23.5 Å². The molecule has 0 aliphatic carbocycles. The Morgan fingerprint density at radius 3 is 2.58 bits per heavy atom. The van der Waals surface area contributed by atoms with E-state index in [2.05, 4.69) is 20.0 Å². The van der Waals surface area contributed by atoms with Crippen molar-refractivity contribution in [2.45, 2.75) is 32.1 Å². The first-order chi connectivity index (χ1) is 8.85. The Balaban J connectivity index is 2.37. The third kappa shape index (κ3) is 2.48. The molecule has 0 aromatic carbocycles. The molecule has 2 heterocycles. The number of hydrogen-bond donors (Lipinski definition) is 2. The Hall–Kier alpha value is -1.83. The van der Waals surface area contributed by atoms with Gasteiger partial charge in [0.05, 0.1) is 11.4 Å². The molecule has 0 unspecified atom stereocenters. The molecule has 0 amide bonds. The molecular weight excluding hydrogens is 266 g/mol. The summed E-state index contributed by atoms with van der Waals surface area (Å²) in [6.45, 7) is 5.35. The number of anilines is 1. The Kier molecular flexibility index (Phi) is 3.36. The van der Waals surface area contributed by atoms with Crippen molar-refractivity contribution in [1.29, 1.82) is 0 Å². The third-order valence-corrected chi connectivity index (χ3v) is 4.57. The van der Waals surface area contributed by atoms with Crippen molar-refractivity contribution in [3.63, 3.8) is 0 Å². The summed E-state index contributed by atoms with van der Waals surface area (Å²) in [6, 6.07) is 1.68. The van der Waals surface area contributed by atoms with Gasteiger partial charge >= 0.3 is 0 Å². The first kappa shape index (κ1) is 13.6. The highest BCUT2D eigenvalue weighted by Gasteiger charge is 2.24. The SMILES string of the molecule is CCc1cc(NS(=O)(=O)c2c(C)nn(C)c2C)n[nH]1. The zero-order valence-electron chi connectivity index (χ0n) is 11.4. The summed E-state index contributed by atoms with van der Waals surface area (Å²) >= 11 is 0. The second-order valence-electron chi connectivity index (χ2n) is 4.36. The summed E-state index contributed by atoms with van der Waals surface area (Å²) in [5.74, 6) is 0.291. The lowest BCUT2D eigenvalue weighted by atomic mass is 10.3. The zero-order chi connectivity index (χ0) is 14.2. The molecule has 0 spiro atoms. The van der Waals surface area contributed by atoms with Crippen molar-refractivity contribution < 1.29 is 8.42 Å². The highest BCUT2D eigenvalue weighted by atomic mass is 32.2. The molecule has 104 valence electrons. The molecule has 2 N–H and O–H groups in total. The van der Waals surface area contributed by atoms with Gasteiger partial charge in [0.25, 0.3) is 10.0 Å². The molecular formula is C11H17N5O2S. The van der Waals surface area contributed by atoms with Crippen LogP contribution < -0.4 is 4.72 Å². The maximum Gasteiger partial charge on any atom is 0.266 e. The van der Waals surface area contributed by atoms with E-state index in [0.29, 0.717) is 17.2 Å². The largest absolute Gasteiger partial charge is 0.280 e. The number of aromatic amines is 1. The molecule has 0 fully saturated rings. The van der Waals surface area contributed by atoms with Crippen molar-refractivity contribution in [3.05, 3.63) is 23.1 Å². The number of hydrogen-bond acceptors (Lipinski definition) is 4. The summed E-state index contributed by atoms with van der Waals surface area (Å²) in [4.78, 5) is 0.205. The van der Waals surface area contributed by atoms with Gasteiger partial charge in [-0.05, 0) is 20.3 Å². The van der Waals surface area contributed by atoms with Crippen LogP contribution in [0.5, 0.6) is 0 Å². The average molecular weight is 283 g/mol. The number of sulfonamides is 1. The Labute approximate surface area is 112 Å². The quantitative estimate of drug-likeness (QED) is 0.879. The van der Waals surface area contributed by atoms with Crippen molar-refractivity contribution in [2.24, 2.45) is 7.05 Å². The molecule has 0 saturated heterocycles. The molecule has 19 heavy (non-hydrogen) atoms. The van der Waals surface area contributed by atoms with Crippen LogP contribution in [0.4, 0.5) is 5.82 Å². The molecule has 0 saturated carbocycles. The number of nitrogens with one attached hydrogen (secondary N) is 2. The van der Waals surface area contributed by atoms with Gasteiger partial charge in [-0.2, -0.15) is 10.2 Å². The summed E-state index contributed by atoms with van der Waals surface area (Å²) in [5, 5.41) is 10.8. The molecule has 0 aliphatic heterocycles. The lowest BCUT2D eigenvalue weighted by Gasteiger charge is -2.05. The summed E-state index contributed by atoms with van der Waals surface area (Å²) in [5.41, 5.74) is 1.94. The maximum absolute atomic E-state index is 12.3. The fraction of sp³-hybridized carbons (Fsp3) is 0.455. The van der Waals surface area contributed by atoms with Crippen molar-refractivity contribution in [1.82, 2.24) is 20.0 Å². The Bertz CT molecular complexity index is 699. The van der Waals surface area contributed by atoms with Crippen molar-refractivity contribution in [2.75, 3.05) is 4.72 Å². The molecule has 2 rings (SSSR count). The van der Waals surface area contributed by atoms with Gasteiger partial charge in [-0.1, -0.05) is 6.92 Å². The molecule has 2 aromatic heterocycles. The van der Waals surface area contributed by atoms with Crippen molar-refractivity contribution >= 4 is 15.8 Å². The lowest BCUT2D eigenvalue weighted by molar-refractivity contribution is 0.599. The van der Waals surface area contributed by atoms with Gasteiger partial charge in [-0.3, -0.25) is 14.5 Å². The number of aryl methyl sites for hydroxylation is 3. The predicted molar refractivity (Wildman–Crippen MR) is 71.5 cm³/mol. The van der Waals surface area contributed by atoms with Gasteiger partial charge in [0.15, 0.2) is 5.82 Å². The molecule has 0 bridgehead atoms. The zero-order valence-corrected chi connectivity index (χ0v) is 12.2. The molecule has 0 atom stereocenters. The lowest BCUT2D eigenvalue weighted by Crippen LogP contribution is -2.15. The van der Waals surface area contributed by atoms with E-state index in [1.807, 2.05) is 6.92 Å². The van der Waals surface area contributed by atoms with Crippen LogP contribution in [0.2, 0.25) is 0 Å². The van der Waals surface area contributed by atoms with Crippen LogP contribution in [0.3, 0.4) is 0 Å². The first-order valence-corrected chi connectivity index (χ1v) is 7.40. The van der Waals surface area contributed by atoms with Crippen LogP contribution in [-0.4, -0.2) is 28.4 Å². The fourth-order valence-electron chi connectivity index (χ4n) is 1.93. The van der Waals surface area contributed by atoms with E-state index in [0.717, 1.165) is 12.1 Å². The molecule has 0 aliphatic rings. The second kappa shape index (κ2) is 4.69. The predicted octanol–water partition coefficient (Wildman–Crippen LogP) is 1.12. The van der Waals surface area contributed by atoms with Crippen LogP contribution in [0.15, 0.2) is 11.0 Å². The standard InChI is InChI=1S/C11H17N5O2S/c1-5-9-6-10(13-12-9)15-19(17,18)11-7(2)14-16(4)8(11)3/h6H,5H2,1-4H3,(H2,12,13,15). The molecule has 2 aromatic rings. The minimum absolute atomic E-state index is 0.205. The Morgan fingerprint density at radius 1 is 1.42 bits per heavy atom. The Morgan fingerprint density at radius 2 is 2.11 bits per heavy atom. The highest BCUT2D eigenvalue weighted by Crippen LogP contribution is 2.21. The fourth-order valence-corrected chi connectivity index (χ4v) is 3.36. The topological polar surface area (TPSA) is 92.7 Å². The van der Waals surface area contributed by atoms with Gasteiger partial charge in [0.1, 0.15) is 4.90 Å². The summed E-state index contributed by atoms with van der Waals surface area (Å²) in [7, 11) is -1.95. The van der Waals surface area contributed by atoms with Gasteiger partial charge in [0.2, 0.25) is 0 Å². The van der Waals surface area contributed by atoms with E-state index in [4.69, 9.17) is 0 Å². The number of aromatic nitrogens is 4. The van der Waals surface area contributed by atoms with Gasteiger partial charge in [-0.15, -0.1) is 0 Å². The number of rotatable bonds is 4. The van der Waals surface area contributed by atoms with E-state index in [1.54, 1.807) is 31.6 Å². The van der Waals surface area contributed by atoms with Crippen LogP contribution in [0.1, 0.15) is 24.0 Å². The number of H-pyrrole nitrogens is 1. The molecule has 8 heteroatoms. The summed E-state index contributed by atoms with van der Waals surface area (Å²) < 4.78 is 28.7. The van der Waals surface area contributed by atoms with E-state index in [9.17, 15) is 8.42 Å². The van der Waals surface area contributed by atoms with Crippen LogP contribution in [0.25, 0.3) is 0 Å². The molecule has 7 nitrogen and oxygen atoms in total. The first-order valence-electron chi connectivity index (χ1n) is 5.92. The smallest absolute Gasteiger partial charge is 0.266 e. The number of nitrogens with zero attached hydrogens (tertiary/aromatic N) is 3. The molecule has 0 radical (unpaired) electrons. The van der Waals surface area contributed by atoms with Gasteiger partial charge < -0.3 is 0 Å². The van der Waals surface area contributed by atoms with Crippen LogP contribution in [0, 0.1) is 13.8 Å². The van der Waals surface area contributed by atoms with E-state index >= 15 is 0 Å².